The fourth-order valence-corrected chi connectivity index (χ4v) is 2.04. The molecule has 0 atom stereocenters. The first-order valence-electron chi connectivity index (χ1n) is 6.81. The molecular weight excluding hydrogens is 288 g/mol. The van der Waals surface area contributed by atoms with Crippen molar-refractivity contribution in [3.05, 3.63) is 23.9 Å². The lowest BCUT2D eigenvalue weighted by atomic mass is 10.2. The molecule has 0 aliphatic rings. The molecule has 2 aromatic rings. The van der Waals surface area contributed by atoms with Gasteiger partial charge in [-0.25, -0.2) is 9.97 Å². The molecule has 112 valence electrons. The van der Waals surface area contributed by atoms with Crippen molar-refractivity contribution in [2.75, 3.05) is 17.2 Å². The lowest BCUT2D eigenvalue weighted by Gasteiger charge is -2.12. The number of carbonyl (C=O) groups is 1. The van der Waals surface area contributed by atoms with Gasteiger partial charge in [0.25, 0.3) is 5.91 Å². The Hall–Kier alpha value is -2.09. The van der Waals surface area contributed by atoms with E-state index >= 15 is 0 Å². The maximum absolute atomic E-state index is 12.4. The zero-order chi connectivity index (χ0) is 15.2. The van der Waals surface area contributed by atoms with Gasteiger partial charge < -0.3 is 10.6 Å². The number of hydrogen-bond donors (Lipinski definition) is 2. The molecule has 2 rings (SSSR count). The average Bonchev–Trinajstić information content (AvgIpc) is 2.97. The van der Waals surface area contributed by atoms with Crippen LogP contribution in [0.3, 0.4) is 0 Å². The van der Waals surface area contributed by atoms with Gasteiger partial charge in [-0.1, -0.05) is 25.3 Å². The Labute approximate surface area is 127 Å². The third-order valence-corrected chi connectivity index (χ3v) is 3.28. The highest BCUT2D eigenvalue weighted by Crippen LogP contribution is 2.19. The lowest BCUT2D eigenvalue weighted by Crippen LogP contribution is -2.18. The summed E-state index contributed by atoms with van der Waals surface area (Å²) < 4.78 is 3.72. The Kier molecular flexibility index (Phi) is 5.15. The highest BCUT2D eigenvalue weighted by atomic mass is 32.1. The molecule has 2 N–H and O–H groups in total. The monoisotopic (exact) mass is 306 g/mol. The van der Waals surface area contributed by atoms with E-state index in [0.29, 0.717) is 22.2 Å². The number of aromatic nitrogens is 4. The summed E-state index contributed by atoms with van der Waals surface area (Å²) in [7, 11) is 0. The van der Waals surface area contributed by atoms with E-state index in [0.717, 1.165) is 24.5 Å². The van der Waals surface area contributed by atoms with Crippen molar-refractivity contribution in [1.82, 2.24) is 19.6 Å². The molecule has 0 bridgehead atoms. The Morgan fingerprint density at radius 2 is 2.19 bits per heavy atom. The second kappa shape index (κ2) is 7.07. The van der Waals surface area contributed by atoms with Crippen molar-refractivity contribution >= 4 is 28.1 Å². The molecule has 0 aliphatic carbocycles. The van der Waals surface area contributed by atoms with Gasteiger partial charge in [-0.3, -0.25) is 4.79 Å². The van der Waals surface area contributed by atoms with Crippen molar-refractivity contribution in [3.63, 3.8) is 0 Å². The minimum atomic E-state index is -0.288. The van der Waals surface area contributed by atoms with E-state index in [1.807, 2.05) is 13.8 Å². The maximum atomic E-state index is 12.4. The molecule has 0 aromatic carbocycles. The first-order chi connectivity index (χ1) is 10.1. The molecule has 0 saturated heterocycles. The van der Waals surface area contributed by atoms with Crippen LogP contribution in [0.4, 0.5) is 10.7 Å². The van der Waals surface area contributed by atoms with Crippen molar-refractivity contribution in [2.45, 2.75) is 33.1 Å². The number of anilines is 2. The molecule has 1 amide bonds. The van der Waals surface area contributed by atoms with E-state index in [9.17, 15) is 4.79 Å². The molecule has 0 fully saturated rings. The molecule has 0 saturated carbocycles. The van der Waals surface area contributed by atoms with Crippen LogP contribution in [0.15, 0.2) is 12.4 Å². The van der Waals surface area contributed by atoms with Gasteiger partial charge in [0.05, 0.1) is 18.1 Å². The molecular formula is C13H18N6OS. The molecule has 7 nitrogen and oxygen atoms in total. The van der Waals surface area contributed by atoms with Crippen LogP contribution in [0.1, 0.15) is 49.4 Å². The lowest BCUT2D eigenvalue weighted by molar-refractivity contribution is 0.102. The molecule has 8 heteroatoms. The van der Waals surface area contributed by atoms with Crippen molar-refractivity contribution in [3.8, 4) is 0 Å². The normalized spacial score (nSPS) is 10.7. The zero-order valence-corrected chi connectivity index (χ0v) is 13.1. The van der Waals surface area contributed by atoms with Gasteiger partial charge >= 0.3 is 0 Å². The van der Waals surface area contributed by atoms with Gasteiger partial charge in [0.1, 0.15) is 10.8 Å². The molecule has 0 aliphatic heterocycles. The van der Waals surface area contributed by atoms with Crippen molar-refractivity contribution < 1.29 is 4.79 Å². The smallest absolute Gasteiger partial charge is 0.277 e. The van der Waals surface area contributed by atoms with Crippen LogP contribution in [0.25, 0.3) is 0 Å². The van der Waals surface area contributed by atoms with E-state index in [4.69, 9.17) is 0 Å². The predicted molar refractivity (Wildman–Crippen MR) is 82.8 cm³/mol. The maximum Gasteiger partial charge on any atom is 0.277 e. The number of nitrogens with zero attached hydrogens (tertiary/aromatic N) is 4. The number of rotatable bonds is 6. The summed E-state index contributed by atoms with van der Waals surface area (Å²) in [5, 5.41) is 10.2. The molecule has 21 heavy (non-hydrogen) atoms. The second-order valence-corrected chi connectivity index (χ2v) is 5.59. The van der Waals surface area contributed by atoms with E-state index in [1.165, 1.54) is 6.20 Å². The standard InChI is InChI=1S/C13H18N6OS/c1-4-5-14-9-6-15-12(8(2)3)18-11(9)13(20)17-10-7-16-19-21-10/h6-8,14H,4-5H2,1-3H3,(H,17,20). The molecule has 0 unspecified atom stereocenters. The molecule has 0 radical (unpaired) electrons. The summed E-state index contributed by atoms with van der Waals surface area (Å²) >= 11 is 1.12. The van der Waals surface area contributed by atoms with Crippen LogP contribution in [0.2, 0.25) is 0 Å². The molecule has 0 spiro atoms. The molecule has 2 aromatic heterocycles. The second-order valence-electron chi connectivity index (χ2n) is 4.81. The van der Waals surface area contributed by atoms with Gasteiger partial charge in [0, 0.05) is 24.0 Å². The minimum Gasteiger partial charge on any atom is -0.382 e. The number of nitrogens with one attached hydrogen (secondary N) is 2. The van der Waals surface area contributed by atoms with Crippen molar-refractivity contribution in [1.29, 1.82) is 0 Å². The minimum absolute atomic E-state index is 0.154. The Bertz CT molecular complexity index is 599. The fraction of sp³-hybridized carbons (Fsp3) is 0.462. The molecule has 2 heterocycles. The first-order valence-corrected chi connectivity index (χ1v) is 7.58. The Morgan fingerprint density at radius 3 is 2.81 bits per heavy atom. The SMILES string of the molecule is CCCNc1cnc(C(C)C)nc1C(=O)Nc1cnns1. The third-order valence-electron chi connectivity index (χ3n) is 2.70. The van der Waals surface area contributed by atoms with Gasteiger partial charge in [-0.05, 0) is 6.42 Å². The number of hydrogen-bond acceptors (Lipinski definition) is 7. The topological polar surface area (TPSA) is 92.7 Å². The van der Waals surface area contributed by atoms with Gasteiger partial charge in [-0.2, -0.15) is 0 Å². The highest BCUT2D eigenvalue weighted by molar-refractivity contribution is 7.10. The average molecular weight is 306 g/mol. The van der Waals surface area contributed by atoms with Crippen molar-refractivity contribution in [2.24, 2.45) is 0 Å². The summed E-state index contributed by atoms with van der Waals surface area (Å²) in [5.74, 6) is 0.510. The zero-order valence-electron chi connectivity index (χ0n) is 12.3. The Balaban J connectivity index is 2.28. The highest BCUT2D eigenvalue weighted by Gasteiger charge is 2.17. The van der Waals surface area contributed by atoms with Crippen LogP contribution in [-0.2, 0) is 0 Å². The van der Waals surface area contributed by atoms with Gasteiger partial charge in [-0.15, -0.1) is 5.10 Å². The quantitative estimate of drug-likeness (QED) is 0.852. The third kappa shape index (κ3) is 3.94. The van der Waals surface area contributed by atoms with Crippen LogP contribution in [0, 0.1) is 0 Å². The summed E-state index contributed by atoms with van der Waals surface area (Å²) in [6.07, 6.45) is 4.12. The van der Waals surface area contributed by atoms with Gasteiger partial charge in [0.2, 0.25) is 0 Å². The number of carbonyl (C=O) groups excluding carboxylic acids is 1. The van der Waals surface area contributed by atoms with E-state index in [2.05, 4.69) is 37.1 Å². The van der Waals surface area contributed by atoms with Crippen LogP contribution in [0.5, 0.6) is 0 Å². The first kappa shape index (κ1) is 15.3. The predicted octanol–water partition coefficient (Wildman–Crippen LogP) is 2.53. The van der Waals surface area contributed by atoms with Gasteiger partial charge in [0.15, 0.2) is 5.69 Å². The van der Waals surface area contributed by atoms with E-state index < -0.39 is 0 Å². The van der Waals surface area contributed by atoms with E-state index in [-0.39, 0.29) is 11.8 Å². The number of amides is 1. The summed E-state index contributed by atoms with van der Waals surface area (Å²) in [6, 6.07) is 0. The van der Waals surface area contributed by atoms with Crippen LogP contribution in [-0.4, -0.2) is 32.0 Å². The largest absolute Gasteiger partial charge is 0.382 e. The fourth-order valence-electron chi connectivity index (χ4n) is 1.63. The van der Waals surface area contributed by atoms with Crippen LogP contribution < -0.4 is 10.6 Å². The Morgan fingerprint density at radius 1 is 1.38 bits per heavy atom. The summed E-state index contributed by atoms with van der Waals surface area (Å²) in [5.41, 5.74) is 0.978. The summed E-state index contributed by atoms with van der Waals surface area (Å²) in [4.78, 5) is 21.1. The summed E-state index contributed by atoms with van der Waals surface area (Å²) in [6.45, 7) is 6.79. The van der Waals surface area contributed by atoms with E-state index in [1.54, 1.807) is 6.20 Å². The van der Waals surface area contributed by atoms with Crippen LogP contribution >= 0.6 is 11.5 Å².